The zero-order chi connectivity index (χ0) is 9.84. The summed E-state index contributed by atoms with van der Waals surface area (Å²) in [5.74, 6) is -0.705. The number of aromatic nitrogens is 2. The van der Waals surface area contributed by atoms with Crippen LogP contribution >= 0.6 is 0 Å². The zero-order valence-electron chi connectivity index (χ0n) is 6.93. The van der Waals surface area contributed by atoms with Crippen LogP contribution in [0.5, 0.6) is 0 Å². The van der Waals surface area contributed by atoms with Gasteiger partial charge in [0.2, 0.25) is 5.89 Å². The molecule has 4 N–H and O–H groups in total. The van der Waals surface area contributed by atoms with Crippen molar-refractivity contribution < 1.29 is 9.32 Å². The summed E-state index contributed by atoms with van der Waals surface area (Å²) in [5, 5.41) is 3.34. The summed E-state index contributed by atoms with van der Waals surface area (Å²) in [5.41, 5.74) is 10.5. The van der Waals surface area contributed by atoms with Crippen molar-refractivity contribution in [2.75, 3.05) is 0 Å². The van der Waals surface area contributed by atoms with E-state index in [1.54, 1.807) is 6.08 Å². The molecular formula is C7H10N4O2. The molecule has 0 bridgehead atoms. The average molecular weight is 182 g/mol. The molecule has 0 aromatic carbocycles. The van der Waals surface area contributed by atoms with Gasteiger partial charge in [-0.05, 0) is 6.42 Å². The molecule has 0 radical (unpaired) electrons. The highest BCUT2D eigenvalue weighted by Crippen LogP contribution is 2.11. The quantitative estimate of drug-likeness (QED) is 0.624. The highest BCUT2D eigenvalue weighted by Gasteiger charge is 2.15. The normalized spacial score (nSPS) is 12.4. The van der Waals surface area contributed by atoms with Crippen LogP contribution in [-0.4, -0.2) is 16.0 Å². The molecule has 6 heteroatoms. The molecule has 1 rings (SSSR count). The minimum absolute atomic E-state index is 0.158. The summed E-state index contributed by atoms with van der Waals surface area (Å²) in [6.45, 7) is 3.51. The smallest absolute Gasteiger partial charge is 0.290 e. The maximum absolute atomic E-state index is 10.6. The molecule has 1 unspecified atom stereocenters. The fourth-order valence-corrected chi connectivity index (χ4v) is 0.766. The molecule has 0 aliphatic rings. The van der Waals surface area contributed by atoms with E-state index in [0.29, 0.717) is 6.42 Å². The van der Waals surface area contributed by atoms with E-state index in [1.165, 1.54) is 0 Å². The van der Waals surface area contributed by atoms with Crippen molar-refractivity contribution in [1.82, 2.24) is 10.1 Å². The second-order valence-electron chi connectivity index (χ2n) is 2.45. The first kappa shape index (κ1) is 9.40. The number of nitrogens with two attached hydrogens (primary N) is 2. The molecule has 1 aromatic heterocycles. The SMILES string of the molecule is C=CCC(N)c1nc(C(N)=O)no1. The Hall–Kier alpha value is -1.69. The second-order valence-corrected chi connectivity index (χ2v) is 2.45. The summed E-state index contributed by atoms with van der Waals surface area (Å²) in [6, 6.07) is -0.432. The second kappa shape index (κ2) is 3.81. The monoisotopic (exact) mass is 182 g/mol. The van der Waals surface area contributed by atoms with Crippen LogP contribution in [0.15, 0.2) is 17.2 Å². The summed E-state index contributed by atoms with van der Waals surface area (Å²) in [4.78, 5) is 14.3. The third kappa shape index (κ3) is 2.12. The van der Waals surface area contributed by atoms with Crippen molar-refractivity contribution in [2.24, 2.45) is 11.5 Å². The molecule has 13 heavy (non-hydrogen) atoms. The molecule has 1 aromatic rings. The molecule has 0 saturated heterocycles. The topological polar surface area (TPSA) is 108 Å². The Morgan fingerprint density at radius 2 is 2.46 bits per heavy atom. The molecule has 70 valence electrons. The van der Waals surface area contributed by atoms with Gasteiger partial charge in [0.05, 0.1) is 6.04 Å². The lowest BCUT2D eigenvalue weighted by atomic mass is 10.2. The first-order valence-corrected chi connectivity index (χ1v) is 3.65. The van der Waals surface area contributed by atoms with Crippen LogP contribution in [0, 0.1) is 0 Å². The lowest BCUT2D eigenvalue weighted by Gasteiger charge is -1.99. The van der Waals surface area contributed by atoms with Crippen molar-refractivity contribution >= 4 is 5.91 Å². The summed E-state index contributed by atoms with van der Waals surface area (Å²) >= 11 is 0. The predicted molar refractivity (Wildman–Crippen MR) is 44.6 cm³/mol. The zero-order valence-corrected chi connectivity index (χ0v) is 6.93. The summed E-state index contributed by atoms with van der Waals surface area (Å²) < 4.78 is 4.71. The molecule has 0 aliphatic heterocycles. The minimum Gasteiger partial charge on any atom is -0.363 e. The molecule has 0 fully saturated rings. The Morgan fingerprint density at radius 3 is 2.92 bits per heavy atom. The molecule has 0 spiro atoms. The van der Waals surface area contributed by atoms with Gasteiger partial charge in [0.1, 0.15) is 0 Å². The number of hydrogen-bond donors (Lipinski definition) is 2. The molecular weight excluding hydrogens is 172 g/mol. The van der Waals surface area contributed by atoms with Crippen LogP contribution in [0.25, 0.3) is 0 Å². The van der Waals surface area contributed by atoms with E-state index in [1.807, 2.05) is 0 Å². The number of nitrogens with zero attached hydrogens (tertiary/aromatic N) is 2. The number of carbonyl (C=O) groups is 1. The molecule has 1 atom stereocenters. The van der Waals surface area contributed by atoms with Crippen molar-refractivity contribution in [2.45, 2.75) is 12.5 Å². The van der Waals surface area contributed by atoms with Gasteiger partial charge in [-0.15, -0.1) is 6.58 Å². The van der Waals surface area contributed by atoms with Crippen molar-refractivity contribution in [3.05, 3.63) is 24.4 Å². The fourth-order valence-electron chi connectivity index (χ4n) is 0.766. The third-order valence-electron chi connectivity index (χ3n) is 1.40. The molecule has 1 heterocycles. The maximum Gasteiger partial charge on any atom is 0.290 e. The Kier molecular flexibility index (Phi) is 2.76. The molecule has 0 saturated carbocycles. The molecule has 1 amide bonds. The number of carbonyl (C=O) groups excluding carboxylic acids is 1. The Bertz CT molecular complexity index is 320. The van der Waals surface area contributed by atoms with E-state index in [2.05, 4.69) is 16.7 Å². The standard InChI is InChI=1S/C7H10N4O2/c1-2-3-4(8)7-10-6(5(9)12)11-13-7/h2,4H,1,3,8H2,(H2,9,12). The van der Waals surface area contributed by atoms with Gasteiger partial charge in [-0.2, -0.15) is 4.98 Å². The van der Waals surface area contributed by atoms with E-state index in [9.17, 15) is 4.79 Å². The van der Waals surface area contributed by atoms with Gasteiger partial charge in [-0.1, -0.05) is 11.2 Å². The number of primary amides is 1. The van der Waals surface area contributed by atoms with Crippen LogP contribution in [0.1, 0.15) is 29.0 Å². The number of hydrogen-bond acceptors (Lipinski definition) is 5. The first-order valence-electron chi connectivity index (χ1n) is 3.65. The highest BCUT2D eigenvalue weighted by molar-refractivity contribution is 5.88. The lowest BCUT2D eigenvalue weighted by Crippen LogP contribution is -2.14. The summed E-state index contributed by atoms with van der Waals surface area (Å²) in [6.07, 6.45) is 2.12. The van der Waals surface area contributed by atoms with Crippen LogP contribution < -0.4 is 11.5 Å². The van der Waals surface area contributed by atoms with Crippen molar-refractivity contribution in [3.63, 3.8) is 0 Å². The van der Waals surface area contributed by atoms with Crippen molar-refractivity contribution in [1.29, 1.82) is 0 Å². The van der Waals surface area contributed by atoms with Gasteiger partial charge >= 0.3 is 0 Å². The summed E-state index contributed by atoms with van der Waals surface area (Å²) in [7, 11) is 0. The van der Waals surface area contributed by atoms with E-state index in [0.717, 1.165) is 0 Å². The Labute approximate surface area is 74.6 Å². The van der Waals surface area contributed by atoms with E-state index in [4.69, 9.17) is 16.0 Å². The van der Waals surface area contributed by atoms with Gasteiger partial charge in [0.25, 0.3) is 11.7 Å². The lowest BCUT2D eigenvalue weighted by molar-refractivity contribution is 0.0987. The largest absolute Gasteiger partial charge is 0.363 e. The van der Waals surface area contributed by atoms with E-state index >= 15 is 0 Å². The van der Waals surface area contributed by atoms with Crippen LogP contribution in [-0.2, 0) is 0 Å². The van der Waals surface area contributed by atoms with Crippen LogP contribution in [0.2, 0.25) is 0 Å². The number of amides is 1. The highest BCUT2D eigenvalue weighted by atomic mass is 16.5. The van der Waals surface area contributed by atoms with E-state index < -0.39 is 11.9 Å². The predicted octanol–water partition coefficient (Wildman–Crippen LogP) is -0.256. The number of rotatable bonds is 4. The Morgan fingerprint density at radius 1 is 1.77 bits per heavy atom. The van der Waals surface area contributed by atoms with Crippen molar-refractivity contribution in [3.8, 4) is 0 Å². The molecule has 0 aliphatic carbocycles. The van der Waals surface area contributed by atoms with Gasteiger partial charge in [-0.25, -0.2) is 0 Å². The van der Waals surface area contributed by atoms with Gasteiger partial charge in [-0.3, -0.25) is 4.79 Å². The van der Waals surface area contributed by atoms with Gasteiger partial charge in [0.15, 0.2) is 0 Å². The van der Waals surface area contributed by atoms with Crippen LogP contribution in [0.4, 0.5) is 0 Å². The van der Waals surface area contributed by atoms with Crippen LogP contribution in [0.3, 0.4) is 0 Å². The van der Waals surface area contributed by atoms with Gasteiger partial charge < -0.3 is 16.0 Å². The molecule has 6 nitrogen and oxygen atoms in total. The van der Waals surface area contributed by atoms with E-state index in [-0.39, 0.29) is 11.7 Å². The fraction of sp³-hybridized carbons (Fsp3) is 0.286. The Balaban J connectivity index is 2.78. The van der Waals surface area contributed by atoms with Gasteiger partial charge in [0, 0.05) is 0 Å². The maximum atomic E-state index is 10.6. The first-order chi connectivity index (χ1) is 6.15. The average Bonchev–Trinajstić information content (AvgIpc) is 2.52. The minimum atomic E-state index is -0.735. The third-order valence-corrected chi connectivity index (χ3v) is 1.40.